The molecule has 3 aromatic rings. The van der Waals surface area contributed by atoms with Crippen molar-refractivity contribution in [3.63, 3.8) is 0 Å². The van der Waals surface area contributed by atoms with Crippen LogP contribution in [0.4, 0.5) is 0 Å². The second-order valence-corrected chi connectivity index (χ2v) is 5.07. The molecule has 0 aliphatic rings. The van der Waals surface area contributed by atoms with Crippen molar-refractivity contribution in [3.8, 4) is 5.69 Å². The van der Waals surface area contributed by atoms with E-state index in [0.717, 1.165) is 29.1 Å². The zero-order valence-electron chi connectivity index (χ0n) is 12.3. The van der Waals surface area contributed by atoms with Crippen molar-refractivity contribution in [2.45, 2.75) is 19.4 Å². The van der Waals surface area contributed by atoms with Gasteiger partial charge in [-0.15, -0.1) is 0 Å². The lowest BCUT2D eigenvalue weighted by molar-refractivity contribution is 0.746. The molecule has 2 aromatic heterocycles. The number of hydrogen-bond acceptors (Lipinski definition) is 3. The molecule has 0 fully saturated rings. The van der Waals surface area contributed by atoms with Gasteiger partial charge >= 0.3 is 0 Å². The summed E-state index contributed by atoms with van der Waals surface area (Å²) < 4.78 is 3.86. The van der Waals surface area contributed by atoms with Crippen LogP contribution in [-0.2, 0) is 13.5 Å². The lowest BCUT2D eigenvalue weighted by Crippen LogP contribution is -2.16. The highest BCUT2D eigenvalue weighted by atomic mass is 15.3. The van der Waals surface area contributed by atoms with Gasteiger partial charge < -0.3 is 5.73 Å². The van der Waals surface area contributed by atoms with Gasteiger partial charge in [0.25, 0.3) is 0 Å². The largest absolute Gasteiger partial charge is 0.319 e. The Balaban J connectivity index is 2.05. The van der Waals surface area contributed by atoms with Gasteiger partial charge in [-0.3, -0.25) is 9.25 Å². The topological polar surface area (TPSA) is 61.7 Å². The first-order chi connectivity index (χ1) is 10.2. The molecule has 3 rings (SSSR count). The van der Waals surface area contributed by atoms with Crippen LogP contribution < -0.4 is 5.73 Å². The van der Waals surface area contributed by atoms with Gasteiger partial charge in [-0.1, -0.05) is 37.3 Å². The number of benzene rings is 1. The van der Waals surface area contributed by atoms with Gasteiger partial charge in [0, 0.05) is 13.2 Å². The summed E-state index contributed by atoms with van der Waals surface area (Å²) in [6.07, 6.45) is 6.49. The smallest absolute Gasteiger partial charge is 0.0995 e. The van der Waals surface area contributed by atoms with Gasteiger partial charge in [-0.25, -0.2) is 4.98 Å². The molecular weight excluding hydrogens is 262 g/mol. The molecule has 2 N–H and O–H groups in total. The third-order valence-electron chi connectivity index (χ3n) is 3.62. The van der Waals surface area contributed by atoms with Crippen LogP contribution in [0.2, 0.25) is 0 Å². The van der Waals surface area contributed by atoms with Gasteiger partial charge in [0.1, 0.15) is 0 Å². The van der Waals surface area contributed by atoms with Crippen molar-refractivity contribution in [3.05, 3.63) is 66.0 Å². The number of hydrogen-bond donors (Lipinski definition) is 1. The summed E-state index contributed by atoms with van der Waals surface area (Å²) in [5.41, 5.74) is 10.5. The predicted octanol–water partition coefficient (Wildman–Crippen LogP) is 2.22. The Morgan fingerprint density at radius 1 is 1.24 bits per heavy atom. The van der Waals surface area contributed by atoms with Crippen LogP contribution in [0, 0.1) is 0 Å². The Labute approximate surface area is 124 Å². The van der Waals surface area contributed by atoms with E-state index in [0.29, 0.717) is 0 Å². The summed E-state index contributed by atoms with van der Waals surface area (Å²) in [5, 5.41) is 4.49. The Kier molecular flexibility index (Phi) is 3.58. The fraction of sp³-hybridized carbons (Fsp3) is 0.250. The molecule has 0 spiro atoms. The van der Waals surface area contributed by atoms with Crippen molar-refractivity contribution in [2.75, 3.05) is 0 Å². The standard InChI is InChI=1S/C16H19N5/c1-3-13-15(10-20(2)19-13)21-11-18-9-14(21)16(17)12-7-5-4-6-8-12/h4-11,16H,3,17H2,1-2H3. The minimum atomic E-state index is -0.210. The zero-order chi connectivity index (χ0) is 14.8. The van der Waals surface area contributed by atoms with Crippen LogP contribution in [0.15, 0.2) is 49.1 Å². The number of aryl methyl sites for hydroxylation is 2. The predicted molar refractivity (Wildman–Crippen MR) is 82.2 cm³/mol. The number of imidazole rings is 1. The van der Waals surface area contributed by atoms with Gasteiger partial charge in [0.15, 0.2) is 0 Å². The van der Waals surface area contributed by atoms with E-state index >= 15 is 0 Å². The molecule has 0 radical (unpaired) electrons. The maximum Gasteiger partial charge on any atom is 0.0995 e. The average molecular weight is 281 g/mol. The maximum atomic E-state index is 6.41. The summed E-state index contributed by atoms with van der Waals surface area (Å²) in [5.74, 6) is 0. The monoisotopic (exact) mass is 281 g/mol. The third-order valence-corrected chi connectivity index (χ3v) is 3.62. The van der Waals surface area contributed by atoms with Gasteiger partial charge in [-0.2, -0.15) is 5.10 Å². The van der Waals surface area contributed by atoms with Crippen molar-refractivity contribution in [2.24, 2.45) is 12.8 Å². The van der Waals surface area contributed by atoms with E-state index in [2.05, 4.69) is 17.0 Å². The highest BCUT2D eigenvalue weighted by Gasteiger charge is 2.17. The SMILES string of the molecule is CCc1nn(C)cc1-n1cncc1C(N)c1ccccc1. The van der Waals surface area contributed by atoms with E-state index in [4.69, 9.17) is 5.73 Å². The van der Waals surface area contributed by atoms with E-state index < -0.39 is 0 Å². The summed E-state index contributed by atoms with van der Waals surface area (Å²) in [6.45, 7) is 2.10. The molecule has 2 heterocycles. The highest BCUT2D eigenvalue weighted by Crippen LogP contribution is 2.23. The summed E-state index contributed by atoms with van der Waals surface area (Å²) >= 11 is 0. The van der Waals surface area contributed by atoms with E-state index in [1.165, 1.54) is 0 Å². The van der Waals surface area contributed by atoms with Crippen LogP contribution in [0.25, 0.3) is 5.69 Å². The molecule has 1 aromatic carbocycles. The Bertz CT molecular complexity index is 726. The fourth-order valence-electron chi connectivity index (χ4n) is 2.54. The average Bonchev–Trinajstić information content (AvgIpc) is 3.13. The van der Waals surface area contributed by atoms with Crippen LogP contribution in [0.3, 0.4) is 0 Å². The summed E-state index contributed by atoms with van der Waals surface area (Å²) in [6, 6.07) is 9.84. The zero-order valence-corrected chi connectivity index (χ0v) is 12.3. The number of nitrogens with two attached hydrogens (primary N) is 1. The first-order valence-corrected chi connectivity index (χ1v) is 7.06. The molecule has 0 aliphatic carbocycles. The van der Waals surface area contributed by atoms with E-state index in [-0.39, 0.29) is 6.04 Å². The third kappa shape index (κ3) is 2.48. The highest BCUT2D eigenvalue weighted by molar-refractivity contribution is 5.39. The van der Waals surface area contributed by atoms with Crippen molar-refractivity contribution >= 4 is 0 Å². The Morgan fingerprint density at radius 2 is 2.00 bits per heavy atom. The maximum absolute atomic E-state index is 6.41. The molecule has 0 saturated heterocycles. The van der Waals surface area contributed by atoms with Crippen molar-refractivity contribution < 1.29 is 0 Å². The van der Waals surface area contributed by atoms with E-state index in [1.54, 1.807) is 6.33 Å². The van der Waals surface area contributed by atoms with Crippen LogP contribution >= 0.6 is 0 Å². The lowest BCUT2D eigenvalue weighted by atomic mass is 10.1. The van der Waals surface area contributed by atoms with E-state index in [9.17, 15) is 0 Å². The van der Waals surface area contributed by atoms with Crippen LogP contribution in [0.1, 0.15) is 29.9 Å². The molecule has 0 bridgehead atoms. The normalized spacial score (nSPS) is 12.5. The van der Waals surface area contributed by atoms with Gasteiger partial charge in [-0.05, 0) is 12.0 Å². The molecule has 1 unspecified atom stereocenters. The molecule has 1 atom stereocenters. The summed E-state index contributed by atoms with van der Waals surface area (Å²) in [7, 11) is 1.93. The fourth-order valence-corrected chi connectivity index (χ4v) is 2.54. The minimum Gasteiger partial charge on any atom is -0.319 e. The van der Waals surface area contributed by atoms with Gasteiger partial charge in [0.2, 0.25) is 0 Å². The minimum absolute atomic E-state index is 0.210. The first kappa shape index (κ1) is 13.6. The Hall–Kier alpha value is -2.40. The number of nitrogens with zero attached hydrogens (tertiary/aromatic N) is 4. The second-order valence-electron chi connectivity index (χ2n) is 5.07. The molecule has 5 nitrogen and oxygen atoms in total. The number of aromatic nitrogens is 4. The second kappa shape index (κ2) is 5.54. The molecular formula is C16H19N5. The molecule has 0 amide bonds. The molecule has 5 heteroatoms. The molecule has 21 heavy (non-hydrogen) atoms. The molecule has 108 valence electrons. The Morgan fingerprint density at radius 3 is 2.71 bits per heavy atom. The van der Waals surface area contributed by atoms with Crippen molar-refractivity contribution in [1.82, 2.24) is 19.3 Å². The van der Waals surface area contributed by atoms with Crippen LogP contribution in [0.5, 0.6) is 0 Å². The van der Waals surface area contributed by atoms with Gasteiger partial charge in [0.05, 0.1) is 35.6 Å². The quantitative estimate of drug-likeness (QED) is 0.797. The first-order valence-electron chi connectivity index (χ1n) is 7.06. The van der Waals surface area contributed by atoms with Crippen molar-refractivity contribution in [1.29, 1.82) is 0 Å². The lowest BCUT2D eigenvalue weighted by Gasteiger charge is -2.14. The van der Waals surface area contributed by atoms with Crippen LogP contribution in [-0.4, -0.2) is 19.3 Å². The number of rotatable bonds is 4. The van der Waals surface area contributed by atoms with E-state index in [1.807, 2.05) is 59.0 Å². The molecule has 0 aliphatic heterocycles. The molecule has 0 saturated carbocycles. The summed E-state index contributed by atoms with van der Waals surface area (Å²) in [4.78, 5) is 4.28.